The van der Waals surface area contributed by atoms with E-state index in [0.29, 0.717) is 21.5 Å². The summed E-state index contributed by atoms with van der Waals surface area (Å²) in [6, 6.07) is 17.5. The molecule has 4 aromatic rings. The number of hydrogen-bond acceptors (Lipinski definition) is 6. The molecule has 1 aromatic heterocycles. The summed E-state index contributed by atoms with van der Waals surface area (Å²) in [4.78, 5) is 23.6. The van der Waals surface area contributed by atoms with Gasteiger partial charge < -0.3 is 14.8 Å². The number of carbonyl (C=O) groups is 1. The fourth-order valence-corrected chi connectivity index (χ4v) is 3.54. The van der Waals surface area contributed by atoms with Crippen molar-refractivity contribution in [2.24, 2.45) is 0 Å². The third-order valence-corrected chi connectivity index (χ3v) is 5.33. The minimum Gasteiger partial charge on any atom is -0.470 e. The van der Waals surface area contributed by atoms with Gasteiger partial charge in [-0.25, -0.2) is 4.68 Å². The molecule has 1 amide bonds. The number of nitro groups is 1. The van der Waals surface area contributed by atoms with Gasteiger partial charge in [0.1, 0.15) is 17.2 Å². The number of aromatic nitrogens is 2. The first-order valence-corrected chi connectivity index (χ1v) is 11.0. The molecule has 0 radical (unpaired) electrons. The highest BCUT2D eigenvalue weighted by Crippen LogP contribution is 2.32. The van der Waals surface area contributed by atoms with E-state index >= 15 is 0 Å². The Morgan fingerprint density at radius 2 is 1.89 bits per heavy atom. The highest BCUT2D eigenvalue weighted by molar-refractivity contribution is 6.32. The van der Waals surface area contributed by atoms with E-state index in [9.17, 15) is 14.9 Å². The van der Waals surface area contributed by atoms with Crippen molar-refractivity contribution in [3.63, 3.8) is 0 Å². The average Bonchev–Trinajstić information content (AvgIpc) is 3.29. The topological polar surface area (TPSA) is 109 Å². The molecular weight excluding hydrogens is 495 g/mol. The summed E-state index contributed by atoms with van der Waals surface area (Å²) in [7, 11) is 0. The molecule has 3 aromatic carbocycles. The van der Waals surface area contributed by atoms with Gasteiger partial charge in [-0.2, -0.15) is 5.10 Å². The summed E-state index contributed by atoms with van der Waals surface area (Å²) in [5, 5.41) is 19.2. The van der Waals surface area contributed by atoms with Crippen molar-refractivity contribution in [1.82, 2.24) is 9.78 Å². The number of nitrogens with zero attached hydrogens (tertiary/aromatic N) is 3. The van der Waals surface area contributed by atoms with Crippen LogP contribution in [-0.2, 0) is 6.73 Å². The van der Waals surface area contributed by atoms with Crippen molar-refractivity contribution < 1.29 is 19.2 Å². The molecule has 1 heterocycles. The Bertz CT molecular complexity index is 1410. The van der Waals surface area contributed by atoms with Gasteiger partial charge in [-0.1, -0.05) is 35.3 Å². The molecule has 11 heteroatoms. The van der Waals surface area contributed by atoms with Crippen LogP contribution in [0.5, 0.6) is 17.2 Å². The second-order valence-corrected chi connectivity index (χ2v) is 8.23. The summed E-state index contributed by atoms with van der Waals surface area (Å²) < 4.78 is 12.8. The fourth-order valence-electron chi connectivity index (χ4n) is 3.12. The first kappa shape index (κ1) is 24.1. The average molecular weight is 513 g/mol. The molecule has 0 saturated carbocycles. The maximum atomic E-state index is 12.7. The van der Waals surface area contributed by atoms with Crippen LogP contribution in [0, 0.1) is 17.0 Å². The van der Waals surface area contributed by atoms with Crippen LogP contribution in [0.2, 0.25) is 10.0 Å². The second kappa shape index (κ2) is 10.5. The second-order valence-electron chi connectivity index (χ2n) is 7.38. The zero-order valence-corrected chi connectivity index (χ0v) is 19.8. The zero-order chi connectivity index (χ0) is 24.9. The van der Waals surface area contributed by atoms with Crippen LogP contribution in [0.1, 0.15) is 16.1 Å². The third kappa shape index (κ3) is 6.08. The summed E-state index contributed by atoms with van der Waals surface area (Å²) in [5.41, 5.74) is 0.769. The molecule has 35 heavy (non-hydrogen) atoms. The lowest BCUT2D eigenvalue weighted by molar-refractivity contribution is -0.384. The Kier molecular flexibility index (Phi) is 7.19. The predicted molar refractivity (Wildman–Crippen MR) is 132 cm³/mol. The molecular formula is C24H18Cl2N4O5. The number of benzene rings is 3. The summed E-state index contributed by atoms with van der Waals surface area (Å²) in [6.07, 6.45) is 1.57. The number of para-hydroxylation sites is 1. The van der Waals surface area contributed by atoms with Crippen molar-refractivity contribution in [3.8, 4) is 17.2 Å². The number of aryl methyl sites for hydroxylation is 1. The van der Waals surface area contributed by atoms with Gasteiger partial charge in [0.2, 0.25) is 0 Å². The lowest BCUT2D eigenvalue weighted by atomic mass is 10.2. The molecule has 1 N–H and O–H groups in total. The van der Waals surface area contributed by atoms with Crippen LogP contribution in [0.3, 0.4) is 0 Å². The fraction of sp³-hybridized carbons (Fsp3) is 0.0833. The molecule has 9 nitrogen and oxygen atoms in total. The molecule has 0 saturated heterocycles. The summed E-state index contributed by atoms with van der Waals surface area (Å²) in [6.45, 7) is 1.83. The van der Waals surface area contributed by atoms with Crippen LogP contribution in [-0.4, -0.2) is 20.6 Å². The number of nitrogens with one attached hydrogen (secondary N) is 1. The van der Waals surface area contributed by atoms with E-state index < -0.39 is 10.8 Å². The quantitative estimate of drug-likeness (QED) is 0.213. The number of rotatable bonds is 8. The number of amides is 1. The maximum Gasteiger partial charge on any atom is 0.276 e. The molecule has 0 spiro atoms. The molecule has 178 valence electrons. The highest BCUT2D eigenvalue weighted by Gasteiger charge is 2.16. The first-order valence-electron chi connectivity index (χ1n) is 10.2. The van der Waals surface area contributed by atoms with Gasteiger partial charge in [0.05, 0.1) is 21.7 Å². The lowest BCUT2D eigenvalue weighted by Crippen LogP contribution is -2.14. The smallest absolute Gasteiger partial charge is 0.276 e. The third-order valence-electron chi connectivity index (χ3n) is 4.79. The van der Waals surface area contributed by atoms with E-state index in [1.807, 2.05) is 0 Å². The van der Waals surface area contributed by atoms with E-state index in [2.05, 4.69) is 10.4 Å². The van der Waals surface area contributed by atoms with E-state index in [0.717, 1.165) is 5.56 Å². The molecule has 0 unspecified atom stereocenters. The van der Waals surface area contributed by atoms with Crippen molar-refractivity contribution in [2.45, 2.75) is 13.7 Å². The Balaban J connectivity index is 1.48. The lowest BCUT2D eigenvalue weighted by Gasteiger charge is -2.11. The number of ether oxygens (including phenoxy) is 2. The van der Waals surface area contributed by atoms with Crippen molar-refractivity contribution in [2.75, 3.05) is 5.32 Å². The Hall–Kier alpha value is -4.08. The van der Waals surface area contributed by atoms with Gasteiger partial charge in [-0.15, -0.1) is 0 Å². The van der Waals surface area contributed by atoms with Gasteiger partial charge in [0.15, 0.2) is 12.4 Å². The predicted octanol–water partition coefficient (Wildman–Crippen LogP) is 6.49. The van der Waals surface area contributed by atoms with E-state index in [4.69, 9.17) is 32.7 Å². The van der Waals surface area contributed by atoms with Gasteiger partial charge in [-0.3, -0.25) is 14.9 Å². The number of nitro benzene ring substituents is 1. The summed E-state index contributed by atoms with van der Waals surface area (Å²) in [5.74, 6) is 0.578. The molecule has 0 fully saturated rings. The normalized spacial score (nSPS) is 10.6. The number of anilines is 1. The van der Waals surface area contributed by atoms with Gasteiger partial charge in [0, 0.05) is 23.4 Å². The Labute approximate surface area is 210 Å². The molecule has 0 aliphatic carbocycles. The number of non-ortho nitro benzene ring substituents is 1. The van der Waals surface area contributed by atoms with Crippen LogP contribution >= 0.6 is 23.2 Å². The molecule has 4 rings (SSSR count). The van der Waals surface area contributed by atoms with E-state index in [1.54, 1.807) is 55.6 Å². The minimum atomic E-state index is -0.571. The minimum absolute atomic E-state index is 0.0340. The first-order chi connectivity index (χ1) is 16.8. The monoisotopic (exact) mass is 512 g/mol. The van der Waals surface area contributed by atoms with E-state index in [1.165, 1.54) is 28.9 Å². The SMILES string of the molecule is Cc1cc(Cl)ccc1Oc1cc(NC(=O)c2ccn(COc3ccccc3Cl)n2)cc([N+](=O)[O-])c1. The maximum absolute atomic E-state index is 12.7. The molecule has 0 aliphatic rings. The van der Waals surface area contributed by atoms with Crippen molar-refractivity contribution >= 4 is 40.5 Å². The van der Waals surface area contributed by atoms with Crippen molar-refractivity contribution in [3.05, 3.63) is 104 Å². The van der Waals surface area contributed by atoms with Gasteiger partial charge in [0.25, 0.3) is 11.6 Å². The van der Waals surface area contributed by atoms with Gasteiger partial charge in [-0.05, 0) is 48.9 Å². The Morgan fingerprint density at radius 3 is 2.63 bits per heavy atom. The number of hydrogen-bond donors (Lipinski definition) is 1. The standard InChI is InChI=1S/C24H18Cl2N4O5/c1-15-10-16(25)6-7-22(15)35-19-12-17(11-18(13-19)30(32)33)27-24(31)21-8-9-29(28-21)14-34-23-5-3-2-4-20(23)26/h2-13H,14H2,1H3,(H,27,31). The van der Waals surface area contributed by atoms with Crippen LogP contribution < -0.4 is 14.8 Å². The number of halogens is 2. The zero-order valence-electron chi connectivity index (χ0n) is 18.3. The summed E-state index contributed by atoms with van der Waals surface area (Å²) >= 11 is 12.0. The molecule has 0 bridgehead atoms. The largest absolute Gasteiger partial charge is 0.470 e. The highest BCUT2D eigenvalue weighted by atomic mass is 35.5. The molecule has 0 aliphatic heterocycles. The number of carbonyl (C=O) groups excluding carboxylic acids is 1. The van der Waals surface area contributed by atoms with E-state index in [-0.39, 0.29) is 29.5 Å². The molecule has 0 atom stereocenters. The van der Waals surface area contributed by atoms with Crippen molar-refractivity contribution in [1.29, 1.82) is 0 Å². The van der Waals surface area contributed by atoms with Crippen LogP contribution in [0.15, 0.2) is 72.9 Å². The van der Waals surface area contributed by atoms with Crippen LogP contribution in [0.25, 0.3) is 0 Å². The van der Waals surface area contributed by atoms with Crippen LogP contribution in [0.4, 0.5) is 11.4 Å². The van der Waals surface area contributed by atoms with Gasteiger partial charge >= 0.3 is 0 Å². The Morgan fingerprint density at radius 1 is 1.09 bits per heavy atom.